The average molecular weight is 285 g/mol. The molecule has 2 N–H and O–H groups in total. The maximum Gasteiger partial charge on any atom is 0.323 e. The van der Waals surface area contributed by atoms with Crippen molar-refractivity contribution < 1.29 is 14.7 Å². The van der Waals surface area contributed by atoms with Crippen molar-refractivity contribution in [2.24, 2.45) is 0 Å². The number of hydrogen-bond donors (Lipinski definition) is 2. The Labute approximate surface area is 121 Å². The summed E-state index contributed by atoms with van der Waals surface area (Å²) in [5.74, 6) is -1.00. The van der Waals surface area contributed by atoms with E-state index in [1.807, 2.05) is 18.2 Å². The molecule has 2 aromatic rings. The number of carbonyl (C=O) groups is 2. The Kier molecular flexibility index (Phi) is 3.43. The molecule has 0 aliphatic heterocycles. The highest BCUT2D eigenvalue weighted by atomic mass is 16.4. The molecule has 0 spiro atoms. The third-order valence-corrected chi connectivity index (χ3v) is 3.48. The first-order chi connectivity index (χ1) is 10.1. The fourth-order valence-electron chi connectivity index (χ4n) is 2.31. The van der Waals surface area contributed by atoms with Crippen molar-refractivity contribution in [1.29, 1.82) is 0 Å². The topological polar surface area (TPSA) is 82.5 Å². The quantitative estimate of drug-likeness (QED) is 0.903. The molecule has 0 unspecified atom stereocenters. The van der Waals surface area contributed by atoms with Crippen molar-refractivity contribution in [2.75, 3.05) is 11.9 Å². The van der Waals surface area contributed by atoms with E-state index in [9.17, 15) is 9.59 Å². The summed E-state index contributed by atoms with van der Waals surface area (Å²) in [5, 5.41) is 13.5. The summed E-state index contributed by atoms with van der Waals surface area (Å²) in [6.45, 7) is -0.278. The van der Waals surface area contributed by atoms with Gasteiger partial charge in [-0.25, -0.2) is 4.79 Å². The third-order valence-electron chi connectivity index (χ3n) is 3.48. The Bertz CT molecular complexity index is 692. The van der Waals surface area contributed by atoms with Crippen LogP contribution in [0.15, 0.2) is 36.7 Å². The van der Waals surface area contributed by atoms with Crippen LogP contribution < -0.4 is 5.32 Å². The van der Waals surface area contributed by atoms with E-state index < -0.39 is 5.97 Å². The number of nitrogens with zero attached hydrogens (tertiary/aromatic N) is 2. The number of nitrogens with one attached hydrogen (secondary N) is 1. The highest BCUT2D eigenvalue weighted by Crippen LogP contribution is 2.28. The van der Waals surface area contributed by atoms with E-state index in [0.29, 0.717) is 5.69 Å². The number of aliphatic carboxylic acids is 1. The van der Waals surface area contributed by atoms with E-state index in [1.165, 1.54) is 4.90 Å². The van der Waals surface area contributed by atoms with Crippen LogP contribution in [-0.2, 0) is 4.79 Å². The minimum Gasteiger partial charge on any atom is -0.480 e. The summed E-state index contributed by atoms with van der Waals surface area (Å²) in [4.78, 5) is 28.6. The van der Waals surface area contributed by atoms with Crippen LogP contribution in [0.1, 0.15) is 12.8 Å². The number of benzene rings is 1. The van der Waals surface area contributed by atoms with Gasteiger partial charge in [-0.15, -0.1) is 0 Å². The number of urea groups is 1. The molecule has 3 rings (SSSR count). The number of fused-ring (bicyclic) bond motifs is 1. The molecule has 0 atom stereocenters. The van der Waals surface area contributed by atoms with Gasteiger partial charge in [0.25, 0.3) is 0 Å². The van der Waals surface area contributed by atoms with Crippen molar-refractivity contribution >= 4 is 28.5 Å². The maximum atomic E-state index is 12.3. The number of hydrogen-bond acceptors (Lipinski definition) is 3. The zero-order valence-corrected chi connectivity index (χ0v) is 11.3. The van der Waals surface area contributed by atoms with Gasteiger partial charge in [0.2, 0.25) is 0 Å². The molecule has 1 saturated carbocycles. The zero-order chi connectivity index (χ0) is 14.8. The highest BCUT2D eigenvalue weighted by Gasteiger charge is 2.34. The number of aromatic nitrogens is 1. The van der Waals surface area contributed by atoms with Gasteiger partial charge in [0, 0.05) is 23.8 Å². The molecule has 1 aliphatic carbocycles. The number of pyridine rings is 1. The molecule has 0 bridgehead atoms. The lowest BCUT2D eigenvalue weighted by atomic mass is 10.1. The van der Waals surface area contributed by atoms with Crippen LogP contribution in [0.2, 0.25) is 0 Å². The second kappa shape index (κ2) is 5.40. The maximum absolute atomic E-state index is 12.3. The smallest absolute Gasteiger partial charge is 0.323 e. The van der Waals surface area contributed by atoms with Crippen molar-refractivity contribution in [3.63, 3.8) is 0 Å². The van der Waals surface area contributed by atoms with E-state index >= 15 is 0 Å². The highest BCUT2D eigenvalue weighted by molar-refractivity contribution is 6.01. The molecule has 1 fully saturated rings. The number of amides is 2. The lowest BCUT2D eigenvalue weighted by Gasteiger charge is -2.21. The molecular weight excluding hydrogens is 270 g/mol. The van der Waals surface area contributed by atoms with Crippen LogP contribution in [0.3, 0.4) is 0 Å². The Hall–Kier alpha value is -2.63. The fourth-order valence-corrected chi connectivity index (χ4v) is 2.31. The van der Waals surface area contributed by atoms with Crippen molar-refractivity contribution in [3.8, 4) is 0 Å². The number of anilines is 1. The standard InChI is InChI=1S/C15H15N3O3/c19-14(20)9-18(11-4-5-11)15(21)17-13-3-1-2-10-6-7-16-8-12(10)13/h1-3,6-8,11H,4-5,9H2,(H,17,21)(H,19,20). The van der Waals surface area contributed by atoms with Crippen LogP contribution in [0.4, 0.5) is 10.5 Å². The molecule has 21 heavy (non-hydrogen) atoms. The normalized spacial score (nSPS) is 13.9. The van der Waals surface area contributed by atoms with Gasteiger partial charge in [-0.05, 0) is 30.4 Å². The first-order valence-electron chi connectivity index (χ1n) is 6.77. The van der Waals surface area contributed by atoms with Crippen molar-refractivity contribution in [2.45, 2.75) is 18.9 Å². The molecule has 1 heterocycles. The fraction of sp³-hybridized carbons (Fsp3) is 0.267. The molecule has 0 saturated heterocycles. The third kappa shape index (κ3) is 2.94. The molecule has 2 amide bonds. The Morgan fingerprint density at radius 3 is 2.86 bits per heavy atom. The molecule has 6 nitrogen and oxygen atoms in total. The van der Waals surface area contributed by atoms with Crippen LogP contribution in [0.25, 0.3) is 10.8 Å². The van der Waals surface area contributed by atoms with E-state index in [1.54, 1.807) is 18.5 Å². The summed E-state index contributed by atoms with van der Waals surface area (Å²) in [6.07, 6.45) is 5.09. The zero-order valence-electron chi connectivity index (χ0n) is 11.3. The SMILES string of the molecule is O=C(O)CN(C(=O)Nc1cccc2ccncc12)C1CC1. The van der Waals surface area contributed by atoms with Crippen LogP contribution in [-0.4, -0.2) is 39.6 Å². The van der Waals surface area contributed by atoms with Crippen LogP contribution in [0.5, 0.6) is 0 Å². The molecule has 1 aliphatic rings. The second-order valence-electron chi connectivity index (χ2n) is 5.09. The molecule has 6 heteroatoms. The van der Waals surface area contributed by atoms with E-state index in [0.717, 1.165) is 23.6 Å². The molecule has 1 aromatic carbocycles. The van der Waals surface area contributed by atoms with Crippen LogP contribution >= 0.6 is 0 Å². The summed E-state index contributed by atoms with van der Waals surface area (Å²) >= 11 is 0. The van der Waals surface area contributed by atoms with Crippen LogP contribution in [0, 0.1) is 0 Å². The predicted octanol–water partition coefficient (Wildman–Crippen LogP) is 2.32. The van der Waals surface area contributed by atoms with Gasteiger partial charge in [-0.1, -0.05) is 12.1 Å². The number of carboxylic acid groups (broad SMARTS) is 1. The number of carbonyl (C=O) groups excluding carboxylic acids is 1. The molecule has 0 radical (unpaired) electrons. The van der Waals surface area contributed by atoms with Gasteiger partial charge in [-0.3, -0.25) is 9.78 Å². The van der Waals surface area contributed by atoms with Gasteiger partial charge >= 0.3 is 12.0 Å². The van der Waals surface area contributed by atoms with E-state index in [-0.39, 0.29) is 18.6 Å². The van der Waals surface area contributed by atoms with Gasteiger partial charge < -0.3 is 15.3 Å². The van der Waals surface area contributed by atoms with Gasteiger partial charge in [-0.2, -0.15) is 0 Å². The lowest BCUT2D eigenvalue weighted by molar-refractivity contribution is -0.137. The minimum absolute atomic E-state index is 0.0363. The minimum atomic E-state index is -1.00. The Morgan fingerprint density at radius 2 is 2.14 bits per heavy atom. The van der Waals surface area contributed by atoms with E-state index in [4.69, 9.17) is 5.11 Å². The Morgan fingerprint density at radius 1 is 1.33 bits per heavy atom. The summed E-state index contributed by atoms with van der Waals surface area (Å²) < 4.78 is 0. The molecule has 108 valence electrons. The summed E-state index contributed by atoms with van der Waals surface area (Å²) in [5.41, 5.74) is 0.640. The number of carboxylic acids is 1. The van der Waals surface area contributed by atoms with Crippen molar-refractivity contribution in [1.82, 2.24) is 9.88 Å². The first-order valence-corrected chi connectivity index (χ1v) is 6.77. The molecular formula is C15H15N3O3. The van der Waals surface area contributed by atoms with Gasteiger partial charge in [0.05, 0.1) is 5.69 Å². The number of rotatable bonds is 4. The Balaban J connectivity index is 1.83. The monoisotopic (exact) mass is 285 g/mol. The van der Waals surface area contributed by atoms with E-state index in [2.05, 4.69) is 10.3 Å². The molecule has 1 aromatic heterocycles. The lowest BCUT2D eigenvalue weighted by Crippen LogP contribution is -2.40. The predicted molar refractivity (Wildman–Crippen MR) is 78.1 cm³/mol. The second-order valence-corrected chi connectivity index (χ2v) is 5.09. The largest absolute Gasteiger partial charge is 0.480 e. The summed E-state index contributed by atoms with van der Waals surface area (Å²) in [6, 6.07) is 7.08. The first kappa shape index (κ1) is 13.4. The van der Waals surface area contributed by atoms with Gasteiger partial charge in [0.15, 0.2) is 0 Å². The van der Waals surface area contributed by atoms with Crippen molar-refractivity contribution in [3.05, 3.63) is 36.7 Å². The average Bonchev–Trinajstić information content (AvgIpc) is 3.29. The van der Waals surface area contributed by atoms with Gasteiger partial charge in [0.1, 0.15) is 6.54 Å². The summed E-state index contributed by atoms with van der Waals surface area (Å²) in [7, 11) is 0.